The monoisotopic (exact) mass is 341 g/mol. The first kappa shape index (κ1) is 17.7. The van der Waals surface area contributed by atoms with E-state index in [4.69, 9.17) is 4.74 Å². The van der Waals surface area contributed by atoms with Gasteiger partial charge in [0, 0.05) is 19.5 Å². The zero-order valence-electron chi connectivity index (χ0n) is 15.0. The molecule has 1 aromatic carbocycles. The summed E-state index contributed by atoms with van der Waals surface area (Å²) in [5.41, 5.74) is 2.42. The molecule has 1 saturated heterocycles. The molecule has 5 heteroatoms. The third-order valence-electron chi connectivity index (χ3n) is 4.82. The standard InChI is InChI=1S/C20H27N3O2/c1-3-23-14-21-13-19(23)20-12-17(22-15(2)24)11-18(25-20)10-9-16-7-5-4-6-8-16/h4-8,13-14,17-18,20H,3,9-12H2,1-2H3,(H,22,24)/t17-,18+,20+/m1/s1. The molecule has 1 amide bonds. The highest BCUT2D eigenvalue weighted by atomic mass is 16.5. The highest BCUT2D eigenvalue weighted by molar-refractivity contribution is 5.73. The Kier molecular flexibility index (Phi) is 5.87. The van der Waals surface area contributed by atoms with Gasteiger partial charge in [-0.25, -0.2) is 4.98 Å². The molecule has 2 aromatic rings. The summed E-state index contributed by atoms with van der Waals surface area (Å²) in [5.74, 6) is 0.0245. The van der Waals surface area contributed by atoms with Crippen LogP contribution in [-0.2, 0) is 22.5 Å². The minimum absolute atomic E-state index is 0.0196. The van der Waals surface area contributed by atoms with Gasteiger partial charge < -0.3 is 14.6 Å². The average molecular weight is 341 g/mol. The molecule has 0 saturated carbocycles. The number of aryl methyl sites for hydroxylation is 2. The zero-order valence-corrected chi connectivity index (χ0v) is 15.0. The van der Waals surface area contributed by atoms with Crippen molar-refractivity contribution in [2.45, 2.75) is 64.3 Å². The Balaban J connectivity index is 1.70. The second kappa shape index (κ2) is 8.30. The summed E-state index contributed by atoms with van der Waals surface area (Å²) < 4.78 is 8.51. The minimum atomic E-state index is -0.0196. The van der Waals surface area contributed by atoms with Crippen molar-refractivity contribution < 1.29 is 9.53 Å². The average Bonchev–Trinajstić information content (AvgIpc) is 3.09. The molecule has 1 fully saturated rings. The van der Waals surface area contributed by atoms with Gasteiger partial charge >= 0.3 is 0 Å². The summed E-state index contributed by atoms with van der Waals surface area (Å²) in [4.78, 5) is 15.8. The maximum absolute atomic E-state index is 11.5. The van der Waals surface area contributed by atoms with E-state index in [0.717, 1.165) is 37.9 Å². The number of nitrogens with one attached hydrogen (secondary N) is 1. The lowest BCUT2D eigenvalue weighted by Crippen LogP contribution is -2.42. The second-order valence-corrected chi connectivity index (χ2v) is 6.74. The number of imidazole rings is 1. The summed E-state index contributed by atoms with van der Waals surface area (Å²) in [7, 11) is 0. The van der Waals surface area contributed by atoms with Crippen molar-refractivity contribution in [1.29, 1.82) is 0 Å². The van der Waals surface area contributed by atoms with E-state index in [1.807, 2.05) is 18.6 Å². The predicted molar refractivity (Wildman–Crippen MR) is 97.1 cm³/mol. The minimum Gasteiger partial charge on any atom is -0.369 e. The van der Waals surface area contributed by atoms with E-state index in [-0.39, 0.29) is 24.2 Å². The van der Waals surface area contributed by atoms with Gasteiger partial charge in [-0.2, -0.15) is 0 Å². The Labute approximate surface area is 149 Å². The van der Waals surface area contributed by atoms with Crippen molar-refractivity contribution >= 4 is 5.91 Å². The zero-order chi connectivity index (χ0) is 17.6. The number of carbonyl (C=O) groups is 1. The van der Waals surface area contributed by atoms with Crippen molar-refractivity contribution in [3.05, 3.63) is 54.1 Å². The van der Waals surface area contributed by atoms with Crippen LogP contribution in [0.5, 0.6) is 0 Å². The van der Waals surface area contributed by atoms with Crippen LogP contribution in [0, 0.1) is 0 Å². The van der Waals surface area contributed by atoms with Crippen molar-refractivity contribution in [2.75, 3.05) is 0 Å². The molecule has 3 atom stereocenters. The molecule has 0 spiro atoms. The van der Waals surface area contributed by atoms with E-state index in [1.54, 1.807) is 6.92 Å². The summed E-state index contributed by atoms with van der Waals surface area (Å²) >= 11 is 0. The third kappa shape index (κ3) is 4.69. The second-order valence-electron chi connectivity index (χ2n) is 6.74. The third-order valence-corrected chi connectivity index (χ3v) is 4.82. The molecule has 0 bridgehead atoms. The molecular formula is C20H27N3O2. The quantitative estimate of drug-likeness (QED) is 0.877. The summed E-state index contributed by atoms with van der Waals surface area (Å²) in [6.07, 6.45) is 7.45. The van der Waals surface area contributed by atoms with Crippen LogP contribution in [0.4, 0.5) is 0 Å². The number of amides is 1. The Morgan fingerprint density at radius 2 is 2.12 bits per heavy atom. The molecule has 2 heterocycles. The Morgan fingerprint density at radius 3 is 2.84 bits per heavy atom. The van der Waals surface area contributed by atoms with Gasteiger partial charge in [-0.15, -0.1) is 0 Å². The van der Waals surface area contributed by atoms with Crippen LogP contribution in [0.3, 0.4) is 0 Å². The van der Waals surface area contributed by atoms with E-state index in [2.05, 4.69) is 46.1 Å². The number of benzene rings is 1. The van der Waals surface area contributed by atoms with Gasteiger partial charge in [-0.3, -0.25) is 4.79 Å². The van der Waals surface area contributed by atoms with Crippen LogP contribution in [0.25, 0.3) is 0 Å². The van der Waals surface area contributed by atoms with Gasteiger partial charge in [0.15, 0.2) is 0 Å². The van der Waals surface area contributed by atoms with Crippen molar-refractivity contribution in [2.24, 2.45) is 0 Å². The number of ether oxygens (including phenoxy) is 1. The lowest BCUT2D eigenvalue weighted by molar-refractivity contribution is -0.122. The van der Waals surface area contributed by atoms with Crippen molar-refractivity contribution in [1.82, 2.24) is 14.9 Å². The first-order chi connectivity index (χ1) is 12.2. The molecular weight excluding hydrogens is 314 g/mol. The van der Waals surface area contributed by atoms with Crippen LogP contribution in [0.2, 0.25) is 0 Å². The number of rotatable bonds is 6. The van der Waals surface area contributed by atoms with E-state index in [1.165, 1.54) is 5.56 Å². The molecule has 1 N–H and O–H groups in total. The first-order valence-corrected chi connectivity index (χ1v) is 9.12. The number of hydrogen-bond acceptors (Lipinski definition) is 3. The van der Waals surface area contributed by atoms with Gasteiger partial charge in [0.25, 0.3) is 0 Å². The lowest BCUT2D eigenvalue weighted by Gasteiger charge is -2.36. The van der Waals surface area contributed by atoms with Gasteiger partial charge in [0.2, 0.25) is 5.91 Å². The van der Waals surface area contributed by atoms with Crippen LogP contribution >= 0.6 is 0 Å². The lowest BCUT2D eigenvalue weighted by atomic mass is 9.93. The molecule has 5 nitrogen and oxygen atoms in total. The number of aromatic nitrogens is 2. The molecule has 25 heavy (non-hydrogen) atoms. The predicted octanol–water partition coefficient (Wildman–Crippen LogP) is 3.26. The van der Waals surface area contributed by atoms with Gasteiger partial charge in [0.1, 0.15) is 6.10 Å². The maximum atomic E-state index is 11.5. The van der Waals surface area contributed by atoms with E-state index >= 15 is 0 Å². The fraction of sp³-hybridized carbons (Fsp3) is 0.500. The van der Waals surface area contributed by atoms with Gasteiger partial charge in [0.05, 0.1) is 24.3 Å². The number of nitrogens with zero attached hydrogens (tertiary/aromatic N) is 2. The summed E-state index contributed by atoms with van der Waals surface area (Å²) in [6.45, 7) is 4.56. The van der Waals surface area contributed by atoms with E-state index in [0.29, 0.717) is 0 Å². The molecule has 1 aliphatic heterocycles. The summed E-state index contributed by atoms with van der Waals surface area (Å²) in [6, 6.07) is 10.6. The van der Waals surface area contributed by atoms with Gasteiger partial charge in [-0.1, -0.05) is 30.3 Å². The molecule has 1 aromatic heterocycles. The number of carbonyl (C=O) groups excluding carboxylic acids is 1. The van der Waals surface area contributed by atoms with Crippen molar-refractivity contribution in [3.63, 3.8) is 0 Å². The SMILES string of the molecule is CCn1cncc1[C@@H]1C[C@H](NC(C)=O)C[C@H](CCc2ccccc2)O1. The van der Waals surface area contributed by atoms with Crippen LogP contribution in [-0.4, -0.2) is 27.6 Å². The largest absolute Gasteiger partial charge is 0.369 e. The van der Waals surface area contributed by atoms with Crippen molar-refractivity contribution in [3.8, 4) is 0 Å². The Bertz CT molecular complexity index is 683. The highest BCUT2D eigenvalue weighted by Crippen LogP contribution is 2.33. The number of hydrogen-bond donors (Lipinski definition) is 1. The Morgan fingerprint density at radius 1 is 1.32 bits per heavy atom. The molecule has 0 aliphatic carbocycles. The highest BCUT2D eigenvalue weighted by Gasteiger charge is 2.32. The smallest absolute Gasteiger partial charge is 0.217 e. The molecule has 134 valence electrons. The molecule has 0 unspecified atom stereocenters. The fourth-order valence-electron chi connectivity index (χ4n) is 3.63. The molecule has 0 radical (unpaired) electrons. The summed E-state index contributed by atoms with van der Waals surface area (Å²) in [5, 5.41) is 3.09. The first-order valence-electron chi connectivity index (χ1n) is 9.12. The van der Waals surface area contributed by atoms with Gasteiger partial charge in [-0.05, 0) is 38.2 Å². The topological polar surface area (TPSA) is 56.2 Å². The fourth-order valence-corrected chi connectivity index (χ4v) is 3.63. The molecule has 1 aliphatic rings. The normalized spacial score (nSPS) is 23.4. The Hall–Kier alpha value is -2.14. The van der Waals surface area contributed by atoms with E-state index in [9.17, 15) is 4.79 Å². The van der Waals surface area contributed by atoms with Crippen LogP contribution in [0.1, 0.15) is 50.5 Å². The maximum Gasteiger partial charge on any atom is 0.217 e. The van der Waals surface area contributed by atoms with E-state index < -0.39 is 0 Å². The molecule has 3 rings (SSSR count). The van der Waals surface area contributed by atoms with Crippen LogP contribution < -0.4 is 5.32 Å². The van der Waals surface area contributed by atoms with Crippen LogP contribution in [0.15, 0.2) is 42.9 Å².